The summed E-state index contributed by atoms with van der Waals surface area (Å²) in [6.07, 6.45) is 6.15. The van der Waals surface area contributed by atoms with Crippen LogP contribution in [-0.2, 0) is 0 Å². The molecule has 2 aliphatic rings. The van der Waals surface area contributed by atoms with Crippen LogP contribution in [0.4, 0.5) is 11.4 Å². The van der Waals surface area contributed by atoms with Crippen LogP contribution in [0.1, 0.15) is 52.4 Å². The first-order valence-electron chi connectivity index (χ1n) is 11.0. The fourth-order valence-corrected chi connectivity index (χ4v) is 6.49. The van der Waals surface area contributed by atoms with Gasteiger partial charge in [0.25, 0.3) is 0 Å². The highest BCUT2D eigenvalue weighted by Crippen LogP contribution is 2.63. The van der Waals surface area contributed by atoms with E-state index in [1.54, 1.807) is 52.0 Å². The molecule has 2 aromatic rings. The molecule has 0 atom stereocenters. The Labute approximate surface area is 198 Å². The molecule has 0 fully saturated rings. The Morgan fingerprint density at radius 3 is 1.28 bits per heavy atom. The topological polar surface area (TPSA) is 61.6 Å². The number of unbranched alkanes of at least 4 members (excludes halogenated alkanes) is 2. The molecule has 0 bridgehead atoms. The van der Waals surface area contributed by atoms with E-state index in [4.69, 9.17) is 28.9 Å². The maximum atomic E-state index is 5.91. The molecule has 0 spiro atoms. The van der Waals surface area contributed by atoms with E-state index in [2.05, 4.69) is 13.8 Å². The maximum absolute atomic E-state index is 5.91. The first-order valence-corrected chi connectivity index (χ1v) is 12.7. The van der Waals surface area contributed by atoms with Gasteiger partial charge in [-0.25, -0.2) is 9.98 Å². The van der Waals surface area contributed by atoms with Crippen LogP contribution in [0.15, 0.2) is 19.8 Å². The third-order valence-corrected chi connectivity index (χ3v) is 7.90. The van der Waals surface area contributed by atoms with E-state index in [1.165, 1.54) is 0 Å². The van der Waals surface area contributed by atoms with E-state index in [0.29, 0.717) is 23.0 Å². The molecule has 2 heterocycles. The van der Waals surface area contributed by atoms with Crippen LogP contribution in [0.2, 0.25) is 0 Å². The van der Waals surface area contributed by atoms with E-state index in [0.717, 1.165) is 80.6 Å². The number of nitrogens with zero attached hydrogens (tertiary/aromatic N) is 2. The van der Waals surface area contributed by atoms with Crippen molar-refractivity contribution in [3.8, 4) is 23.0 Å². The molecule has 4 rings (SSSR count). The van der Waals surface area contributed by atoms with Gasteiger partial charge in [-0.1, -0.05) is 50.2 Å². The number of benzene rings is 2. The molecule has 172 valence electrons. The minimum Gasteiger partial charge on any atom is -0.492 e. The fourth-order valence-electron chi connectivity index (χ4n) is 4.11. The molecule has 0 saturated carbocycles. The second kappa shape index (κ2) is 9.83. The van der Waals surface area contributed by atoms with E-state index in [-0.39, 0.29) is 0 Å². The van der Waals surface area contributed by atoms with Gasteiger partial charge in [0.1, 0.15) is 11.4 Å². The van der Waals surface area contributed by atoms with Gasteiger partial charge in [-0.05, 0) is 25.7 Å². The van der Waals surface area contributed by atoms with Crippen LogP contribution in [0.5, 0.6) is 23.0 Å². The van der Waals surface area contributed by atoms with Gasteiger partial charge in [-0.2, -0.15) is 0 Å². The van der Waals surface area contributed by atoms with Gasteiger partial charge in [0, 0.05) is 10.8 Å². The third-order valence-electron chi connectivity index (χ3n) is 5.65. The van der Waals surface area contributed by atoms with Crippen LogP contribution in [0.25, 0.3) is 10.8 Å². The number of aliphatic imine (C=N–C) groups is 2. The quantitative estimate of drug-likeness (QED) is 0.355. The molecule has 8 heteroatoms. The van der Waals surface area contributed by atoms with Crippen molar-refractivity contribution in [3.63, 3.8) is 0 Å². The lowest BCUT2D eigenvalue weighted by molar-refractivity contribution is 0.347. The second-order valence-electron chi connectivity index (χ2n) is 7.66. The Morgan fingerprint density at radius 1 is 0.594 bits per heavy atom. The van der Waals surface area contributed by atoms with Crippen LogP contribution in [0, 0.1) is 0 Å². The van der Waals surface area contributed by atoms with Crippen molar-refractivity contribution in [2.75, 3.05) is 28.4 Å². The molecule has 0 unspecified atom stereocenters. The average Bonchev–Trinajstić information content (AvgIpc) is 2.82. The highest BCUT2D eigenvalue weighted by molar-refractivity contribution is 8.14. The zero-order valence-corrected chi connectivity index (χ0v) is 21.2. The van der Waals surface area contributed by atoms with Gasteiger partial charge in [0.05, 0.1) is 48.3 Å². The lowest BCUT2D eigenvalue weighted by Crippen LogP contribution is -2.07. The molecule has 2 aliphatic heterocycles. The fraction of sp³-hybridized carbons (Fsp3) is 0.500. The predicted octanol–water partition coefficient (Wildman–Crippen LogP) is 7.53. The first-order chi connectivity index (χ1) is 15.6. The highest BCUT2D eigenvalue weighted by Gasteiger charge is 2.36. The molecule has 2 aromatic carbocycles. The van der Waals surface area contributed by atoms with Gasteiger partial charge in [0.2, 0.25) is 0 Å². The Bertz CT molecular complexity index is 1020. The Morgan fingerprint density at radius 2 is 0.969 bits per heavy atom. The van der Waals surface area contributed by atoms with Gasteiger partial charge in [-0.15, -0.1) is 0 Å². The summed E-state index contributed by atoms with van der Waals surface area (Å²) < 4.78 is 23.6. The standard InChI is InChI=1S/C24H30N2O4S2/c1-7-9-11-13-25-17-15-16-18(20(28-4)21(29-5)23(15)31-13)26-14(12-10-8-2)32-24(16)22(30-6)19(17)27-3/h7-12H2,1-6H3. The molecular formula is C24H30N2O4S2. The molecule has 0 radical (unpaired) electrons. The van der Waals surface area contributed by atoms with Crippen molar-refractivity contribution < 1.29 is 18.9 Å². The Hall–Kier alpha value is -2.06. The molecular weight excluding hydrogens is 444 g/mol. The lowest BCUT2D eigenvalue weighted by Gasteiger charge is -2.28. The van der Waals surface area contributed by atoms with Crippen molar-refractivity contribution in [1.29, 1.82) is 0 Å². The predicted molar refractivity (Wildman–Crippen MR) is 135 cm³/mol. The first kappa shape index (κ1) is 23.1. The van der Waals surface area contributed by atoms with E-state index in [9.17, 15) is 0 Å². The molecule has 0 N–H and O–H groups in total. The Kier molecular flexibility index (Phi) is 7.10. The normalized spacial score (nSPS) is 14.2. The summed E-state index contributed by atoms with van der Waals surface area (Å²) in [6.45, 7) is 4.37. The van der Waals surface area contributed by atoms with Crippen LogP contribution >= 0.6 is 23.5 Å². The minimum atomic E-state index is 0.660. The summed E-state index contributed by atoms with van der Waals surface area (Å²) in [5.41, 5.74) is 1.58. The van der Waals surface area contributed by atoms with Crippen LogP contribution in [0.3, 0.4) is 0 Å². The summed E-state index contributed by atoms with van der Waals surface area (Å²) in [5, 5.41) is 4.08. The molecule has 0 aliphatic carbocycles. The smallest absolute Gasteiger partial charge is 0.188 e. The summed E-state index contributed by atoms with van der Waals surface area (Å²) in [6, 6.07) is 0. The van der Waals surface area contributed by atoms with Crippen molar-refractivity contribution in [3.05, 3.63) is 0 Å². The zero-order chi connectivity index (χ0) is 22.8. The van der Waals surface area contributed by atoms with Gasteiger partial charge in [-0.3, -0.25) is 0 Å². The number of thioether (sulfide) groups is 2. The zero-order valence-electron chi connectivity index (χ0n) is 19.6. The lowest BCUT2D eigenvalue weighted by atomic mass is 10.0. The van der Waals surface area contributed by atoms with Gasteiger partial charge in [0.15, 0.2) is 23.0 Å². The van der Waals surface area contributed by atoms with E-state index >= 15 is 0 Å². The third kappa shape index (κ3) is 3.71. The van der Waals surface area contributed by atoms with Crippen molar-refractivity contribution >= 4 is 55.8 Å². The largest absolute Gasteiger partial charge is 0.492 e. The summed E-state index contributed by atoms with van der Waals surface area (Å²) in [5.74, 6) is 2.73. The van der Waals surface area contributed by atoms with Crippen molar-refractivity contribution in [2.45, 2.75) is 62.2 Å². The monoisotopic (exact) mass is 474 g/mol. The van der Waals surface area contributed by atoms with Crippen LogP contribution < -0.4 is 18.9 Å². The van der Waals surface area contributed by atoms with Crippen molar-refractivity contribution in [1.82, 2.24) is 0 Å². The summed E-state index contributed by atoms with van der Waals surface area (Å²) >= 11 is 3.32. The number of ether oxygens (including phenoxy) is 4. The summed E-state index contributed by atoms with van der Waals surface area (Å²) in [7, 11) is 6.73. The van der Waals surface area contributed by atoms with E-state index < -0.39 is 0 Å². The molecule has 6 nitrogen and oxygen atoms in total. The number of hydrogen-bond donors (Lipinski definition) is 0. The van der Waals surface area contributed by atoms with Gasteiger partial charge < -0.3 is 18.9 Å². The summed E-state index contributed by atoms with van der Waals surface area (Å²) in [4.78, 5) is 12.1. The SMILES string of the molecule is CCCCC1=Nc2c(OC)c(OC)c3c4c(c(OC)c(OC)c(c24)S1)N=C(CCCC)S3. The molecule has 0 amide bonds. The number of rotatable bonds is 10. The Balaban J connectivity index is 2.11. The van der Waals surface area contributed by atoms with Crippen LogP contribution in [-0.4, -0.2) is 38.5 Å². The highest BCUT2D eigenvalue weighted by atomic mass is 32.2. The minimum absolute atomic E-state index is 0.660. The van der Waals surface area contributed by atoms with E-state index in [1.807, 2.05) is 0 Å². The molecule has 0 aromatic heterocycles. The maximum Gasteiger partial charge on any atom is 0.188 e. The molecule has 0 saturated heterocycles. The second-order valence-corrected chi connectivity index (χ2v) is 9.83. The number of methoxy groups -OCH3 is 4. The van der Waals surface area contributed by atoms with Gasteiger partial charge >= 0.3 is 0 Å². The molecule has 32 heavy (non-hydrogen) atoms. The van der Waals surface area contributed by atoms with Crippen molar-refractivity contribution in [2.24, 2.45) is 9.98 Å². The number of hydrogen-bond acceptors (Lipinski definition) is 8. The average molecular weight is 475 g/mol.